The van der Waals surface area contributed by atoms with E-state index < -0.39 is 0 Å². The zero-order valence-corrected chi connectivity index (χ0v) is 10.8. The molecule has 2 N–H and O–H groups in total. The first kappa shape index (κ1) is 12.9. The van der Waals surface area contributed by atoms with E-state index in [1.807, 2.05) is 42.5 Å². The van der Waals surface area contributed by atoms with Crippen LogP contribution in [-0.2, 0) is 6.42 Å². The molecular formula is C15H16ClNO. The molecular weight excluding hydrogens is 246 g/mol. The fourth-order valence-electron chi connectivity index (χ4n) is 1.84. The quantitative estimate of drug-likeness (QED) is 0.865. The fraction of sp³-hybridized carbons (Fsp3) is 0.200. The first-order chi connectivity index (χ1) is 8.78. The molecule has 1 atom stereocenters. The molecule has 0 bridgehead atoms. The molecule has 0 aliphatic carbocycles. The van der Waals surface area contributed by atoms with Crippen molar-refractivity contribution in [3.63, 3.8) is 0 Å². The molecule has 0 spiro atoms. The summed E-state index contributed by atoms with van der Waals surface area (Å²) >= 11 is 5.83. The van der Waals surface area contributed by atoms with Crippen LogP contribution in [-0.4, -0.2) is 17.8 Å². The van der Waals surface area contributed by atoms with E-state index in [0.29, 0.717) is 5.02 Å². The Hall–Kier alpha value is -1.51. The van der Waals surface area contributed by atoms with Crippen molar-refractivity contribution >= 4 is 17.3 Å². The van der Waals surface area contributed by atoms with Gasteiger partial charge in [0.2, 0.25) is 0 Å². The fourth-order valence-corrected chi connectivity index (χ4v) is 1.97. The topological polar surface area (TPSA) is 32.3 Å². The Labute approximate surface area is 112 Å². The number of benzene rings is 2. The number of hydrogen-bond acceptors (Lipinski definition) is 2. The third-order valence-electron chi connectivity index (χ3n) is 2.76. The first-order valence-corrected chi connectivity index (χ1v) is 6.32. The number of anilines is 1. The van der Waals surface area contributed by atoms with E-state index in [4.69, 9.17) is 11.6 Å². The molecule has 0 aliphatic heterocycles. The van der Waals surface area contributed by atoms with Gasteiger partial charge in [0.25, 0.3) is 0 Å². The van der Waals surface area contributed by atoms with Gasteiger partial charge >= 0.3 is 0 Å². The molecule has 2 nitrogen and oxygen atoms in total. The number of rotatable bonds is 5. The number of nitrogens with one attached hydrogen (secondary N) is 1. The number of halogens is 1. The van der Waals surface area contributed by atoms with Crippen molar-refractivity contribution in [2.75, 3.05) is 11.9 Å². The van der Waals surface area contributed by atoms with Gasteiger partial charge in [0.1, 0.15) is 0 Å². The molecule has 94 valence electrons. The molecule has 0 heterocycles. The van der Waals surface area contributed by atoms with Gasteiger partial charge < -0.3 is 10.4 Å². The number of hydrogen-bond donors (Lipinski definition) is 2. The average molecular weight is 262 g/mol. The predicted molar refractivity (Wildman–Crippen MR) is 76.1 cm³/mol. The van der Waals surface area contributed by atoms with E-state index >= 15 is 0 Å². The molecule has 18 heavy (non-hydrogen) atoms. The Morgan fingerprint density at radius 2 is 1.67 bits per heavy atom. The van der Waals surface area contributed by atoms with Gasteiger partial charge in [-0.2, -0.15) is 0 Å². The van der Waals surface area contributed by atoms with E-state index in [1.54, 1.807) is 0 Å². The second-order valence-corrected chi connectivity index (χ2v) is 4.66. The van der Waals surface area contributed by atoms with Crippen LogP contribution in [0.15, 0.2) is 54.6 Å². The van der Waals surface area contributed by atoms with E-state index in [9.17, 15) is 5.11 Å². The zero-order valence-electron chi connectivity index (χ0n) is 10.0. The van der Waals surface area contributed by atoms with Crippen molar-refractivity contribution in [3.8, 4) is 0 Å². The Bertz CT molecular complexity index is 470. The third kappa shape index (κ3) is 3.76. The monoisotopic (exact) mass is 261 g/mol. The molecule has 2 aromatic carbocycles. The van der Waals surface area contributed by atoms with Crippen LogP contribution < -0.4 is 5.32 Å². The van der Waals surface area contributed by atoms with Gasteiger partial charge in [0, 0.05) is 10.7 Å². The lowest BCUT2D eigenvalue weighted by atomic mass is 10.1. The molecule has 0 aromatic heterocycles. The van der Waals surface area contributed by atoms with Crippen LogP contribution >= 0.6 is 11.6 Å². The summed E-state index contributed by atoms with van der Waals surface area (Å²) < 4.78 is 0. The summed E-state index contributed by atoms with van der Waals surface area (Å²) in [4.78, 5) is 0. The van der Waals surface area contributed by atoms with Crippen LogP contribution in [0.2, 0.25) is 5.02 Å². The minimum atomic E-state index is 0.00794. The second kappa shape index (κ2) is 6.43. The van der Waals surface area contributed by atoms with Crippen LogP contribution in [0.3, 0.4) is 0 Å². The SMILES string of the molecule is OCC(Cc1ccccc1)Nc1ccc(Cl)cc1. The van der Waals surface area contributed by atoms with Crippen LogP contribution in [0.4, 0.5) is 5.69 Å². The Morgan fingerprint density at radius 1 is 1.00 bits per heavy atom. The van der Waals surface area contributed by atoms with Gasteiger partial charge in [-0.25, -0.2) is 0 Å². The van der Waals surface area contributed by atoms with Crippen molar-refractivity contribution in [2.24, 2.45) is 0 Å². The smallest absolute Gasteiger partial charge is 0.0636 e. The van der Waals surface area contributed by atoms with Gasteiger partial charge in [-0.3, -0.25) is 0 Å². The third-order valence-corrected chi connectivity index (χ3v) is 3.01. The summed E-state index contributed by atoms with van der Waals surface area (Å²) in [5, 5.41) is 13.4. The molecule has 2 aromatic rings. The average Bonchev–Trinajstić information content (AvgIpc) is 2.41. The molecule has 2 rings (SSSR count). The van der Waals surface area contributed by atoms with Crippen molar-refractivity contribution in [1.82, 2.24) is 0 Å². The van der Waals surface area contributed by atoms with Crippen molar-refractivity contribution in [2.45, 2.75) is 12.5 Å². The van der Waals surface area contributed by atoms with Crippen LogP contribution in [0.1, 0.15) is 5.56 Å². The maximum Gasteiger partial charge on any atom is 0.0636 e. The van der Waals surface area contributed by atoms with Gasteiger partial charge in [-0.1, -0.05) is 41.9 Å². The maximum absolute atomic E-state index is 9.41. The molecule has 0 amide bonds. The van der Waals surface area contributed by atoms with Gasteiger partial charge in [0.15, 0.2) is 0 Å². The summed E-state index contributed by atoms with van der Waals surface area (Å²) in [6.07, 6.45) is 0.792. The highest BCUT2D eigenvalue weighted by atomic mass is 35.5. The Kier molecular flexibility index (Phi) is 4.62. The lowest BCUT2D eigenvalue weighted by Gasteiger charge is -2.17. The Morgan fingerprint density at radius 3 is 2.28 bits per heavy atom. The van der Waals surface area contributed by atoms with Crippen molar-refractivity contribution < 1.29 is 5.11 Å². The van der Waals surface area contributed by atoms with Crippen LogP contribution in [0.25, 0.3) is 0 Å². The summed E-state index contributed by atoms with van der Waals surface area (Å²) in [6.45, 7) is 0.0948. The standard InChI is InChI=1S/C15H16ClNO/c16-13-6-8-14(9-7-13)17-15(11-18)10-12-4-2-1-3-5-12/h1-9,15,17-18H,10-11H2. The molecule has 3 heteroatoms. The number of aliphatic hydroxyl groups is 1. The van der Waals surface area contributed by atoms with Crippen LogP contribution in [0.5, 0.6) is 0 Å². The minimum Gasteiger partial charge on any atom is -0.394 e. The minimum absolute atomic E-state index is 0.00794. The van der Waals surface area contributed by atoms with Crippen molar-refractivity contribution in [1.29, 1.82) is 0 Å². The normalized spacial score (nSPS) is 12.1. The summed E-state index contributed by atoms with van der Waals surface area (Å²) in [7, 11) is 0. The number of aliphatic hydroxyl groups excluding tert-OH is 1. The summed E-state index contributed by atoms with van der Waals surface area (Å²) in [6, 6.07) is 17.6. The van der Waals surface area contributed by atoms with Gasteiger partial charge in [-0.05, 0) is 36.2 Å². The molecule has 0 saturated carbocycles. The van der Waals surface area contributed by atoms with E-state index in [-0.39, 0.29) is 12.6 Å². The van der Waals surface area contributed by atoms with Crippen LogP contribution in [0, 0.1) is 0 Å². The second-order valence-electron chi connectivity index (χ2n) is 4.22. The lowest BCUT2D eigenvalue weighted by Crippen LogP contribution is -2.26. The highest BCUT2D eigenvalue weighted by molar-refractivity contribution is 6.30. The zero-order chi connectivity index (χ0) is 12.8. The van der Waals surface area contributed by atoms with Crippen molar-refractivity contribution in [3.05, 3.63) is 65.2 Å². The molecule has 0 saturated heterocycles. The predicted octanol–water partition coefficient (Wildman–Crippen LogP) is 3.36. The highest BCUT2D eigenvalue weighted by Crippen LogP contribution is 2.15. The van der Waals surface area contributed by atoms with Gasteiger partial charge in [0.05, 0.1) is 12.6 Å². The molecule has 0 aliphatic rings. The summed E-state index contributed by atoms with van der Waals surface area (Å²) in [5.41, 5.74) is 2.17. The lowest BCUT2D eigenvalue weighted by molar-refractivity contribution is 0.273. The first-order valence-electron chi connectivity index (χ1n) is 5.95. The van der Waals surface area contributed by atoms with E-state index in [1.165, 1.54) is 5.56 Å². The Balaban J connectivity index is 1.99. The van der Waals surface area contributed by atoms with E-state index in [2.05, 4.69) is 17.4 Å². The largest absolute Gasteiger partial charge is 0.394 e. The van der Waals surface area contributed by atoms with E-state index in [0.717, 1.165) is 12.1 Å². The van der Waals surface area contributed by atoms with Gasteiger partial charge in [-0.15, -0.1) is 0 Å². The summed E-state index contributed by atoms with van der Waals surface area (Å²) in [5.74, 6) is 0. The molecule has 0 fully saturated rings. The molecule has 1 unspecified atom stereocenters. The molecule has 0 radical (unpaired) electrons. The maximum atomic E-state index is 9.41. The highest BCUT2D eigenvalue weighted by Gasteiger charge is 2.08.